The van der Waals surface area contributed by atoms with Crippen LogP contribution in [0.3, 0.4) is 0 Å². The summed E-state index contributed by atoms with van der Waals surface area (Å²) in [6.07, 6.45) is 28.9. The van der Waals surface area contributed by atoms with Crippen molar-refractivity contribution in [3.63, 3.8) is 0 Å². The summed E-state index contributed by atoms with van der Waals surface area (Å²) in [4.78, 5) is 13.4. The molecule has 3 heterocycles. The quantitative estimate of drug-likeness (QED) is 0.0305. The fourth-order valence-electron chi connectivity index (χ4n) is 7.77. The Hall–Kier alpha value is -4.79. The first-order valence-corrected chi connectivity index (χ1v) is 27.4. The van der Waals surface area contributed by atoms with Crippen LogP contribution < -0.4 is 14.2 Å². The van der Waals surface area contributed by atoms with Crippen molar-refractivity contribution < 1.29 is 24.1 Å². The first kappa shape index (κ1) is 51.6. The van der Waals surface area contributed by atoms with Gasteiger partial charge in [-0.2, -0.15) is 0 Å². The number of aliphatic carboxylic acids is 1. The second kappa shape index (κ2) is 28.5. The van der Waals surface area contributed by atoms with E-state index in [2.05, 4.69) is 51.4 Å². The summed E-state index contributed by atoms with van der Waals surface area (Å²) in [5, 5.41) is 43.0. The van der Waals surface area contributed by atoms with Gasteiger partial charge in [-0.15, -0.1) is 30.6 Å². The van der Waals surface area contributed by atoms with Gasteiger partial charge < -0.3 is 19.3 Å². The average Bonchev–Trinajstić information content (AvgIpc) is 4.14. The fourth-order valence-corrected chi connectivity index (χ4v) is 10.4. The van der Waals surface area contributed by atoms with Gasteiger partial charge in [-0.25, -0.2) is 4.79 Å². The van der Waals surface area contributed by atoms with Crippen LogP contribution >= 0.6 is 34.0 Å². The summed E-state index contributed by atoms with van der Waals surface area (Å²) in [6, 6.07) is 21.2. The highest BCUT2D eigenvalue weighted by Crippen LogP contribution is 2.34. The molecule has 67 heavy (non-hydrogen) atoms. The normalized spacial score (nSPS) is 11.6. The lowest BCUT2D eigenvalue weighted by molar-refractivity contribution is -0.255. The molecule has 0 radical (unpaired) electrons. The molecule has 6 aromatic rings. The van der Waals surface area contributed by atoms with Gasteiger partial charge in [-0.3, -0.25) is 0 Å². The average molecular weight is 967 g/mol. The van der Waals surface area contributed by atoms with Crippen molar-refractivity contribution in [3.05, 3.63) is 87.8 Å². The molecule has 0 spiro atoms. The van der Waals surface area contributed by atoms with Crippen LogP contribution in [0, 0.1) is 0 Å². The number of rotatable bonds is 34. The van der Waals surface area contributed by atoms with Gasteiger partial charge in [0, 0.05) is 36.0 Å². The molecule has 0 aliphatic heterocycles. The number of hydrogen-bond donors (Lipinski definition) is 1. The number of carbonyl (C=O) groups is 1. The van der Waals surface area contributed by atoms with Gasteiger partial charge in [0.25, 0.3) is 0 Å². The Bertz CT molecular complexity index is 2050. The minimum absolute atomic E-state index is 0.233. The van der Waals surface area contributed by atoms with E-state index in [1.54, 1.807) is 70.4 Å². The second-order valence-corrected chi connectivity index (χ2v) is 20.5. The number of hydrogen-bond acceptors (Lipinski definition) is 13. The molecule has 11 nitrogen and oxygen atoms in total. The number of aryl methyl sites for hydroxylation is 3. The Morgan fingerprint density at radius 3 is 0.910 bits per heavy atom. The molecule has 0 fully saturated rings. The zero-order chi connectivity index (χ0) is 46.9. The molecule has 3 aromatic carbocycles. The summed E-state index contributed by atoms with van der Waals surface area (Å²) in [7, 11) is 0. The number of carboxylic acids is 1. The molecule has 0 bridgehead atoms. The van der Waals surface area contributed by atoms with Crippen molar-refractivity contribution in [1.82, 2.24) is 30.6 Å². The largest absolute Gasteiger partial charge is 0.523 e. The van der Waals surface area contributed by atoms with Crippen LogP contribution in [-0.2, 0) is 24.1 Å². The number of ether oxygens (including phenoxy) is 3. The highest BCUT2D eigenvalue weighted by Gasteiger charge is 2.49. The van der Waals surface area contributed by atoms with Crippen LogP contribution in [0.2, 0.25) is 0 Å². The molecular weight excluding hydrogens is 897 g/mol. The van der Waals surface area contributed by atoms with Crippen molar-refractivity contribution in [2.75, 3.05) is 0 Å². The van der Waals surface area contributed by atoms with Gasteiger partial charge in [-0.05, 0) is 92.1 Å². The van der Waals surface area contributed by atoms with E-state index >= 15 is 0 Å². The molecule has 0 unspecified atom stereocenters. The predicted octanol–water partition coefficient (Wildman–Crippen LogP) is 15.4. The molecule has 0 aliphatic rings. The molecule has 6 rings (SSSR count). The van der Waals surface area contributed by atoms with Crippen molar-refractivity contribution in [2.45, 2.75) is 181 Å². The number of benzene rings is 3. The summed E-state index contributed by atoms with van der Waals surface area (Å²) >= 11 is 4.74. The van der Waals surface area contributed by atoms with E-state index in [4.69, 9.17) is 14.2 Å². The Morgan fingerprint density at radius 2 is 0.657 bits per heavy atom. The van der Waals surface area contributed by atoms with Crippen LogP contribution in [0.25, 0.3) is 31.7 Å². The molecule has 0 saturated carbocycles. The molecule has 0 amide bonds. The molecule has 3 aromatic heterocycles. The fraction of sp³-hybridized carbons (Fsp3) is 0.528. The van der Waals surface area contributed by atoms with E-state index in [-0.39, 0.29) is 17.2 Å². The van der Waals surface area contributed by atoms with Crippen molar-refractivity contribution in [3.8, 4) is 49.0 Å². The molecule has 0 atom stereocenters. The monoisotopic (exact) mass is 966 g/mol. The number of unbranched alkanes of at least 4 members (excludes halogenated alkanes) is 18. The SMILES string of the molecule is CCCCCCCCCc1nnc(-c2ccc(OC(Oc3ccc(-c4nnc(CCCCCCCCC)s4)cc3)(Oc3ccc(-c4nnc(CCCCCCCCC)s4)cc3)C(=O)O)cc2)s1. The Kier molecular flexibility index (Phi) is 22.0. The maximum absolute atomic E-state index is 13.4. The zero-order valence-electron chi connectivity index (χ0n) is 39.9. The third-order valence-corrected chi connectivity index (χ3v) is 14.8. The lowest BCUT2D eigenvalue weighted by Gasteiger charge is -2.30. The second-order valence-electron chi connectivity index (χ2n) is 17.4. The van der Waals surface area contributed by atoms with E-state index in [1.807, 2.05) is 36.4 Å². The molecule has 0 saturated heterocycles. The molecule has 360 valence electrons. The minimum atomic E-state index is -2.60. The van der Waals surface area contributed by atoms with Gasteiger partial charge in [-0.1, -0.05) is 170 Å². The summed E-state index contributed by atoms with van der Waals surface area (Å²) in [6.45, 7) is 6.72. The van der Waals surface area contributed by atoms with Crippen LogP contribution in [0.1, 0.15) is 171 Å². The Morgan fingerprint density at radius 1 is 0.403 bits per heavy atom. The Balaban J connectivity index is 1.13. The van der Waals surface area contributed by atoms with Crippen LogP contribution in [-0.4, -0.2) is 47.6 Å². The molecule has 1 N–H and O–H groups in total. The first-order valence-electron chi connectivity index (χ1n) is 25.0. The van der Waals surface area contributed by atoms with Crippen LogP contribution in [0.4, 0.5) is 0 Å². The smallest absolute Gasteiger partial charge is 0.472 e. The highest BCUT2D eigenvalue weighted by molar-refractivity contribution is 7.15. The number of carboxylic acid groups (broad SMARTS) is 1. The van der Waals surface area contributed by atoms with Gasteiger partial charge in [0.05, 0.1) is 0 Å². The van der Waals surface area contributed by atoms with E-state index in [0.717, 1.165) is 85.3 Å². The van der Waals surface area contributed by atoms with E-state index < -0.39 is 11.9 Å². The predicted molar refractivity (Wildman–Crippen MR) is 273 cm³/mol. The molecule has 14 heteroatoms. The standard InChI is InChI=1S/C53H70N6O5S3/c1-4-7-10-13-16-19-22-25-46-54-57-49(65-46)40-28-34-43(35-29-40)62-53(52(60)61,63-44-36-30-41(31-37-44)50-58-55-47(66-50)26-23-20-17-14-11-8-5-2)64-45-38-32-42(33-39-45)51-59-56-48(67-51)27-24-21-18-15-12-9-6-3/h28-39H,4-27H2,1-3H3,(H,60,61). The maximum Gasteiger partial charge on any atom is 0.523 e. The lowest BCUT2D eigenvalue weighted by atomic mass is 10.1. The molecular formula is C53H70N6O5S3. The maximum atomic E-state index is 13.4. The van der Waals surface area contributed by atoms with E-state index in [0.29, 0.717) is 0 Å². The molecule has 0 aliphatic carbocycles. The Labute approximate surface area is 410 Å². The number of nitrogens with zero attached hydrogens (tertiary/aromatic N) is 6. The van der Waals surface area contributed by atoms with E-state index in [9.17, 15) is 9.90 Å². The topological polar surface area (TPSA) is 142 Å². The van der Waals surface area contributed by atoms with Gasteiger partial charge in [0.15, 0.2) is 0 Å². The van der Waals surface area contributed by atoms with Gasteiger partial charge in [0.1, 0.15) is 47.3 Å². The summed E-state index contributed by atoms with van der Waals surface area (Å²) < 4.78 is 18.7. The highest BCUT2D eigenvalue weighted by atomic mass is 32.1. The first-order chi connectivity index (χ1) is 32.9. The van der Waals surface area contributed by atoms with Crippen molar-refractivity contribution >= 4 is 40.0 Å². The van der Waals surface area contributed by atoms with E-state index in [1.165, 1.54) is 116 Å². The van der Waals surface area contributed by atoms with Gasteiger partial charge in [0.2, 0.25) is 0 Å². The summed E-state index contributed by atoms with van der Waals surface area (Å²) in [5.41, 5.74) is 2.57. The van der Waals surface area contributed by atoms with Crippen LogP contribution in [0.5, 0.6) is 17.2 Å². The third-order valence-electron chi connectivity index (χ3n) is 11.7. The third kappa shape index (κ3) is 17.0. The van der Waals surface area contributed by atoms with Crippen molar-refractivity contribution in [2.24, 2.45) is 0 Å². The summed E-state index contributed by atoms with van der Waals surface area (Å²) in [5.74, 6) is -3.37. The van der Waals surface area contributed by atoms with Crippen LogP contribution in [0.15, 0.2) is 72.8 Å². The minimum Gasteiger partial charge on any atom is -0.472 e. The van der Waals surface area contributed by atoms with Crippen molar-refractivity contribution in [1.29, 1.82) is 0 Å². The number of aromatic nitrogens is 6. The lowest BCUT2D eigenvalue weighted by Crippen LogP contribution is -2.55. The van der Waals surface area contributed by atoms with Gasteiger partial charge >= 0.3 is 11.9 Å². The zero-order valence-corrected chi connectivity index (χ0v) is 42.3.